The molecule has 0 aromatic heterocycles. The van der Waals surface area contributed by atoms with E-state index in [1.54, 1.807) is 13.2 Å². The van der Waals surface area contributed by atoms with Gasteiger partial charge in [0.2, 0.25) is 6.54 Å². The Morgan fingerprint density at radius 2 is 2.15 bits per heavy atom. The number of rotatable bonds is 4. The summed E-state index contributed by atoms with van der Waals surface area (Å²) in [4.78, 5) is 3.19. The molecule has 13 heavy (non-hydrogen) atoms. The normalized spacial score (nSPS) is 8.92. The Bertz CT molecular complexity index is 304. The molecule has 3 nitrogen and oxygen atoms in total. The minimum atomic E-state index is 0.386. The second-order valence-corrected chi connectivity index (χ2v) is 2.41. The summed E-state index contributed by atoms with van der Waals surface area (Å²) >= 11 is 0. The second kappa shape index (κ2) is 5.04. The Kier molecular flexibility index (Phi) is 3.65. The van der Waals surface area contributed by atoms with Gasteiger partial charge < -0.3 is 14.3 Å². The van der Waals surface area contributed by atoms with Crippen LogP contribution in [0.25, 0.3) is 4.85 Å². The Morgan fingerprint density at radius 1 is 1.38 bits per heavy atom. The molecular weight excluding hydrogens is 166 g/mol. The van der Waals surface area contributed by atoms with Crippen molar-refractivity contribution in [3.8, 4) is 11.5 Å². The minimum Gasteiger partial charge on any atom is -0.497 e. The van der Waals surface area contributed by atoms with Crippen molar-refractivity contribution in [3.05, 3.63) is 35.7 Å². The monoisotopic (exact) mass is 177 g/mol. The van der Waals surface area contributed by atoms with Crippen molar-refractivity contribution in [2.45, 2.75) is 0 Å². The number of benzene rings is 1. The topological polar surface area (TPSA) is 22.8 Å². The first-order valence-corrected chi connectivity index (χ1v) is 3.97. The molecule has 1 aromatic carbocycles. The number of hydrogen-bond donors (Lipinski definition) is 0. The van der Waals surface area contributed by atoms with Crippen molar-refractivity contribution >= 4 is 0 Å². The molecule has 0 aliphatic heterocycles. The average Bonchev–Trinajstić information content (AvgIpc) is 2.19. The van der Waals surface area contributed by atoms with Crippen LogP contribution >= 0.6 is 0 Å². The quantitative estimate of drug-likeness (QED) is 0.518. The van der Waals surface area contributed by atoms with Crippen LogP contribution in [0.15, 0.2) is 24.3 Å². The van der Waals surface area contributed by atoms with E-state index in [4.69, 9.17) is 16.0 Å². The van der Waals surface area contributed by atoms with E-state index in [2.05, 4.69) is 4.85 Å². The highest BCUT2D eigenvalue weighted by molar-refractivity contribution is 5.32. The van der Waals surface area contributed by atoms with Crippen LogP contribution in [0.4, 0.5) is 0 Å². The van der Waals surface area contributed by atoms with Crippen LogP contribution in [0.1, 0.15) is 0 Å². The maximum atomic E-state index is 6.57. The van der Waals surface area contributed by atoms with Crippen molar-refractivity contribution in [2.24, 2.45) is 0 Å². The Morgan fingerprint density at radius 3 is 2.85 bits per heavy atom. The van der Waals surface area contributed by atoms with E-state index in [1.165, 1.54) is 0 Å². The molecule has 1 aromatic rings. The maximum Gasteiger partial charge on any atom is 0.248 e. The molecule has 0 amide bonds. The molecule has 0 unspecified atom stereocenters. The molecule has 0 aliphatic carbocycles. The number of methoxy groups -OCH3 is 1. The summed E-state index contributed by atoms with van der Waals surface area (Å²) in [5.41, 5.74) is 0. The van der Waals surface area contributed by atoms with Gasteiger partial charge in [0.05, 0.1) is 7.11 Å². The first-order chi connectivity index (χ1) is 6.36. The molecule has 0 saturated carbocycles. The van der Waals surface area contributed by atoms with Crippen LogP contribution < -0.4 is 9.47 Å². The zero-order valence-corrected chi connectivity index (χ0v) is 7.49. The van der Waals surface area contributed by atoms with Gasteiger partial charge in [-0.05, 0) is 12.1 Å². The molecule has 0 saturated heterocycles. The van der Waals surface area contributed by atoms with E-state index in [0.29, 0.717) is 13.2 Å². The van der Waals surface area contributed by atoms with E-state index in [-0.39, 0.29) is 0 Å². The van der Waals surface area contributed by atoms with E-state index in [9.17, 15) is 0 Å². The molecule has 3 heteroatoms. The SMILES string of the molecule is [C-]#[N+]CCOc1cccc(OC)c1. The zero-order chi connectivity index (χ0) is 9.52. The van der Waals surface area contributed by atoms with Crippen molar-refractivity contribution in [2.75, 3.05) is 20.3 Å². The van der Waals surface area contributed by atoms with Gasteiger partial charge in [-0.1, -0.05) is 6.07 Å². The van der Waals surface area contributed by atoms with Gasteiger partial charge >= 0.3 is 0 Å². The fourth-order valence-electron chi connectivity index (χ4n) is 0.900. The molecule has 0 heterocycles. The zero-order valence-electron chi connectivity index (χ0n) is 7.49. The lowest BCUT2D eigenvalue weighted by atomic mass is 10.3. The molecule has 0 N–H and O–H groups in total. The largest absolute Gasteiger partial charge is 0.497 e. The third-order valence-corrected chi connectivity index (χ3v) is 1.51. The van der Waals surface area contributed by atoms with E-state index < -0.39 is 0 Å². The fraction of sp³-hybridized carbons (Fsp3) is 0.300. The first kappa shape index (κ1) is 9.40. The first-order valence-electron chi connectivity index (χ1n) is 3.97. The summed E-state index contributed by atoms with van der Waals surface area (Å²) < 4.78 is 10.3. The minimum absolute atomic E-state index is 0.386. The van der Waals surface area contributed by atoms with Crippen LogP contribution in [0.3, 0.4) is 0 Å². The summed E-state index contributed by atoms with van der Waals surface area (Å²) in [5.74, 6) is 1.50. The van der Waals surface area contributed by atoms with Gasteiger partial charge in [0, 0.05) is 6.07 Å². The third kappa shape index (κ3) is 3.04. The van der Waals surface area contributed by atoms with Gasteiger partial charge in [-0.15, -0.1) is 0 Å². The van der Waals surface area contributed by atoms with Gasteiger partial charge in [0.25, 0.3) is 0 Å². The molecule has 0 atom stereocenters. The van der Waals surface area contributed by atoms with Gasteiger partial charge in [-0.2, -0.15) is 0 Å². The highest BCUT2D eigenvalue weighted by Crippen LogP contribution is 2.18. The molecule has 68 valence electrons. The Labute approximate surface area is 77.7 Å². The van der Waals surface area contributed by atoms with Crippen molar-refractivity contribution in [3.63, 3.8) is 0 Å². The lowest BCUT2D eigenvalue weighted by Gasteiger charge is -2.04. The standard InChI is InChI=1S/C10H11NO2/c1-11-6-7-13-10-5-3-4-9(8-10)12-2/h3-5,8H,6-7H2,2H3. The number of ether oxygens (including phenoxy) is 2. The average molecular weight is 177 g/mol. The molecule has 0 spiro atoms. The van der Waals surface area contributed by atoms with Crippen LogP contribution in [-0.2, 0) is 0 Å². The summed E-state index contributed by atoms with van der Waals surface area (Å²) in [7, 11) is 1.61. The molecule has 0 aliphatic rings. The maximum absolute atomic E-state index is 6.57. The lowest BCUT2D eigenvalue weighted by molar-refractivity contribution is 0.332. The van der Waals surface area contributed by atoms with Crippen molar-refractivity contribution in [1.29, 1.82) is 0 Å². The number of hydrogen-bond acceptors (Lipinski definition) is 2. The summed E-state index contributed by atoms with van der Waals surface area (Å²) in [6.07, 6.45) is 0. The van der Waals surface area contributed by atoms with Crippen molar-refractivity contribution in [1.82, 2.24) is 0 Å². The number of nitrogens with zero attached hydrogens (tertiary/aromatic N) is 1. The van der Waals surface area contributed by atoms with Gasteiger partial charge in [-0.25, -0.2) is 6.57 Å². The molecule has 0 bridgehead atoms. The third-order valence-electron chi connectivity index (χ3n) is 1.51. The predicted molar refractivity (Wildman–Crippen MR) is 50.0 cm³/mol. The summed E-state index contributed by atoms with van der Waals surface area (Å²) in [5, 5.41) is 0. The van der Waals surface area contributed by atoms with E-state index >= 15 is 0 Å². The molecule has 0 fully saturated rings. The van der Waals surface area contributed by atoms with Crippen LogP contribution in [0.5, 0.6) is 11.5 Å². The van der Waals surface area contributed by atoms with Gasteiger partial charge in [0.15, 0.2) is 6.61 Å². The van der Waals surface area contributed by atoms with Crippen molar-refractivity contribution < 1.29 is 9.47 Å². The fourth-order valence-corrected chi connectivity index (χ4v) is 0.900. The van der Waals surface area contributed by atoms with E-state index in [0.717, 1.165) is 11.5 Å². The van der Waals surface area contributed by atoms with Crippen LogP contribution in [0, 0.1) is 6.57 Å². The highest BCUT2D eigenvalue weighted by Gasteiger charge is 1.96. The Hall–Kier alpha value is -1.69. The molecular formula is C10H11NO2. The molecule has 1 rings (SSSR count). The highest BCUT2D eigenvalue weighted by atomic mass is 16.5. The summed E-state index contributed by atoms with van der Waals surface area (Å²) in [6, 6.07) is 7.34. The smallest absolute Gasteiger partial charge is 0.248 e. The predicted octanol–water partition coefficient (Wildman–Crippen LogP) is 1.99. The van der Waals surface area contributed by atoms with Crippen LogP contribution in [0.2, 0.25) is 0 Å². The molecule has 0 radical (unpaired) electrons. The Balaban J connectivity index is 2.52. The second-order valence-electron chi connectivity index (χ2n) is 2.41. The van der Waals surface area contributed by atoms with Gasteiger partial charge in [-0.3, -0.25) is 0 Å². The summed E-state index contributed by atoms with van der Waals surface area (Å²) in [6.45, 7) is 7.38. The lowest BCUT2D eigenvalue weighted by Crippen LogP contribution is -1.99. The van der Waals surface area contributed by atoms with Gasteiger partial charge in [0.1, 0.15) is 11.5 Å². The van der Waals surface area contributed by atoms with E-state index in [1.807, 2.05) is 18.2 Å². The van der Waals surface area contributed by atoms with Crippen LogP contribution in [-0.4, -0.2) is 20.3 Å².